The second-order valence-electron chi connectivity index (χ2n) is 7.74. The SMILES string of the molecule is COC(=O)C1COc2c(CC(C)NCC(O)Cc3ccc4c(c3)OCO4)cccc2O1. The number of carbonyl (C=O) groups is 1. The molecule has 0 spiro atoms. The summed E-state index contributed by atoms with van der Waals surface area (Å²) in [6, 6.07) is 11.4. The Balaban J connectivity index is 1.29. The fourth-order valence-corrected chi connectivity index (χ4v) is 3.72. The van der Waals surface area contributed by atoms with Crippen molar-refractivity contribution in [2.24, 2.45) is 0 Å². The van der Waals surface area contributed by atoms with Gasteiger partial charge < -0.3 is 34.1 Å². The van der Waals surface area contributed by atoms with Gasteiger partial charge in [0.05, 0.1) is 13.2 Å². The van der Waals surface area contributed by atoms with Gasteiger partial charge in [-0.25, -0.2) is 4.79 Å². The van der Waals surface area contributed by atoms with E-state index in [-0.39, 0.29) is 19.4 Å². The summed E-state index contributed by atoms with van der Waals surface area (Å²) in [6.07, 6.45) is -0.0858. The molecule has 166 valence electrons. The van der Waals surface area contributed by atoms with E-state index in [1.54, 1.807) is 6.07 Å². The van der Waals surface area contributed by atoms with Crippen molar-refractivity contribution in [2.75, 3.05) is 27.1 Å². The standard InChI is InChI=1S/C23H27NO7/c1-14(24-11-17(25)9-15-6-7-18-20(10-15)30-13-29-18)8-16-4-3-5-19-22(16)28-12-21(31-19)23(26)27-2/h3-7,10,14,17,21,24-25H,8-9,11-13H2,1-2H3. The van der Waals surface area contributed by atoms with E-state index < -0.39 is 18.2 Å². The molecule has 2 aliphatic heterocycles. The number of carbonyl (C=O) groups excluding carboxylic acids is 1. The molecule has 3 atom stereocenters. The highest BCUT2D eigenvalue weighted by molar-refractivity contribution is 5.75. The summed E-state index contributed by atoms with van der Waals surface area (Å²) >= 11 is 0. The van der Waals surface area contributed by atoms with Crippen molar-refractivity contribution in [3.63, 3.8) is 0 Å². The number of benzene rings is 2. The van der Waals surface area contributed by atoms with Crippen LogP contribution in [-0.4, -0.2) is 56.4 Å². The number of hydrogen-bond donors (Lipinski definition) is 2. The molecule has 0 saturated heterocycles. The second kappa shape index (κ2) is 9.45. The monoisotopic (exact) mass is 429 g/mol. The average molecular weight is 429 g/mol. The molecule has 0 aromatic heterocycles. The molecular weight excluding hydrogens is 402 g/mol. The lowest BCUT2D eigenvalue weighted by Gasteiger charge is -2.27. The third-order valence-electron chi connectivity index (χ3n) is 5.31. The van der Waals surface area contributed by atoms with E-state index in [0.29, 0.717) is 30.9 Å². The first-order valence-corrected chi connectivity index (χ1v) is 10.3. The lowest BCUT2D eigenvalue weighted by atomic mass is 10.0. The van der Waals surface area contributed by atoms with Crippen molar-refractivity contribution in [3.8, 4) is 23.0 Å². The molecule has 2 aliphatic rings. The molecule has 0 saturated carbocycles. The Hall–Kier alpha value is -2.97. The average Bonchev–Trinajstić information content (AvgIpc) is 3.25. The number of methoxy groups -OCH3 is 1. The number of nitrogens with one attached hydrogen (secondary N) is 1. The van der Waals surface area contributed by atoms with E-state index >= 15 is 0 Å². The summed E-state index contributed by atoms with van der Waals surface area (Å²) in [5, 5.41) is 13.8. The number of para-hydroxylation sites is 1. The number of aliphatic hydroxyl groups is 1. The van der Waals surface area contributed by atoms with E-state index in [4.69, 9.17) is 23.7 Å². The molecule has 2 aromatic carbocycles. The highest BCUT2D eigenvalue weighted by atomic mass is 16.7. The van der Waals surface area contributed by atoms with Crippen molar-refractivity contribution in [1.82, 2.24) is 5.32 Å². The zero-order chi connectivity index (χ0) is 21.8. The van der Waals surface area contributed by atoms with Gasteiger partial charge >= 0.3 is 5.97 Å². The quantitative estimate of drug-likeness (QED) is 0.614. The summed E-state index contributed by atoms with van der Waals surface area (Å²) in [7, 11) is 1.33. The van der Waals surface area contributed by atoms with Gasteiger partial charge in [-0.2, -0.15) is 0 Å². The molecule has 8 nitrogen and oxygen atoms in total. The Labute approximate surface area is 181 Å². The van der Waals surface area contributed by atoms with Crippen LogP contribution in [0.25, 0.3) is 0 Å². The van der Waals surface area contributed by atoms with Crippen molar-refractivity contribution in [2.45, 2.75) is 38.0 Å². The minimum Gasteiger partial charge on any atom is -0.485 e. The third kappa shape index (κ3) is 5.03. The van der Waals surface area contributed by atoms with Crippen LogP contribution in [0.3, 0.4) is 0 Å². The first-order chi connectivity index (χ1) is 15.0. The lowest BCUT2D eigenvalue weighted by Crippen LogP contribution is -2.38. The molecule has 3 unspecified atom stereocenters. The summed E-state index contributed by atoms with van der Waals surface area (Å²) in [5.74, 6) is 2.19. The summed E-state index contributed by atoms with van der Waals surface area (Å²) < 4.78 is 27.0. The molecule has 0 radical (unpaired) electrons. The predicted octanol–water partition coefficient (Wildman–Crippen LogP) is 1.85. The molecule has 0 fully saturated rings. The molecule has 2 heterocycles. The van der Waals surface area contributed by atoms with Gasteiger partial charge in [0.1, 0.15) is 6.61 Å². The largest absolute Gasteiger partial charge is 0.485 e. The van der Waals surface area contributed by atoms with Crippen LogP contribution in [0.5, 0.6) is 23.0 Å². The third-order valence-corrected chi connectivity index (χ3v) is 5.31. The van der Waals surface area contributed by atoms with Crippen LogP contribution in [0.4, 0.5) is 0 Å². The molecule has 31 heavy (non-hydrogen) atoms. The fourth-order valence-electron chi connectivity index (χ4n) is 3.72. The molecule has 8 heteroatoms. The first kappa shape index (κ1) is 21.3. The van der Waals surface area contributed by atoms with Gasteiger partial charge in [0.2, 0.25) is 12.9 Å². The van der Waals surface area contributed by atoms with Gasteiger partial charge in [-0.1, -0.05) is 18.2 Å². The van der Waals surface area contributed by atoms with Crippen LogP contribution in [0.2, 0.25) is 0 Å². The Morgan fingerprint density at radius 2 is 2.00 bits per heavy atom. The number of ether oxygens (including phenoxy) is 5. The molecular formula is C23H27NO7. The first-order valence-electron chi connectivity index (χ1n) is 10.3. The highest BCUT2D eigenvalue weighted by Crippen LogP contribution is 2.36. The molecule has 0 bridgehead atoms. The highest BCUT2D eigenvalue weighted by Gasteiger charge is 2.29. The van der Waals surface area contributed by atoms with Crippen LogP contribution in [-0.2, 0) is 22.4 Å². The predicted molar refractivity (Wildman–Crippen MR) is 112 cm³/mol. The topological polar surface area (TPSA) is 95.5 Å². The molecule has 0 aliphatic carbocycles. The maximum atomic E-state index is 11.7. The normalized spacial score (nSPS) is 18.4. The Bertz CT molecular complexity index is 932. The number of rotatable bonds is 8. The van der Waals surface area contributed by atoms with E-state index in [1.165, 1.54) is 7.11 Å². The molecule has 0 amide bonds. The Kier molecular flexibility index (Phi) is 6.48. The number of esters is 1. The minimum absolute atomic E-state index is 0.0971. The van der Waals surface area contributed by atoms with Crippen molar-refractivity contribution in [1.29, 1.82) is 0 Å². The van der Waals surface area contributed by atoms with Gasteiger partial charge in [0.15, 0.2) is 23.0 Å². The summed E-state index contributed by atoms with van der Waals surface area (Å²) in [4.78, 5) is 11.7. The molecule has 2 aromatic rings. The Morgan fingerprint density at radius 1 is 1.16 bits per heavy atom. The van der Waals surface area contributed by atoms with Crippen LogP contribution < -0.4 is 24.3 Å². The van der Waals surface area contributed by atoms with Gasteiger partial charge in [0.25, 0.3) is 0 Å². The summed E-state index contributed by atoms with van der Waals surface area (Å²) in [6.45, 7) is 2.86. The molecule has 4 rings (SSSR count). The smallest absolute Gasteiger partial charge is 0.350 e. The molecule has 2 N–H and O–H groups in total. The zero-order valence-electron chi connectivity index (χ0n) is 17.6. The number of aliphatic hydroxyl groups excluding tert-OH is 1. The van der Waals surface area contributed by atoms with Crippen LogP contribution in [0.15, 0.2) is 36.4 Å². The van der Waals surface area contributed by atoms with Crippen molar-refractivity contribution < 1.29 is 33.6 Å². The Morgan fingerprint density at radius 3 is 2.84 bits per heavy atom. The maximum absolute atomic E-state index is 11.7. The fraction of sp³-hybridized carbons (Fsp3) is 0.435. The van der Waals surface area contributed by atoms with E-state index in [0.717, 1.165) is 22.6 Å². The van der Waals surface area contributed by atoms with Crippen LogP contribution in [0, 0.1) is 0 Å². The van der Waals surface area contributed by atoms with Gasteiger partial charge in [0, 0.05) is 12.6 Å². The minimum atomic E-state index is -0.755. The zero-order valence-corrected chi connectivity index (χ0v) is 17.6. The second-order valence-corrected chi connectivity index (χ2v) is 7.74. The van der Waals surface area contributed by atoms with Crippen molar-refractivity contribution >= 4 is 5.97 Å². The number of fused-ring (bicyclic) bond motifs is 2. The lowest BCUT2D eigenvalue weighted by molar-refractivity contribution is -0.151. The van der Waals surface area contributed by atoms with Gasteiger partial charge in [-0.3, -0.25) is 0 Å². The maximum Gasteiger partial charge on any atom is 0.350 e. The van der Waals surface area contributed by atoms with Crippen LogP contribution >= 0.6 is 0 Å². The van der Waals surface area contributed by atoms with Gasteiger partial charge in [-0.05, 0) is 49.1 Å². The van der Waals surface area contributed by atoms with E-state index in [1.807, 2.05) is 37.3 Å². The number of hydrogen-bond acceptors (Lipinski definition) is 8. The van der Waals surface area contributed by atoms with Crippen LogP contribution in [0.1, 0.15) is 18.1 Å². The van der Waals surface area contributed by atoms with E-state index in [9.17, 15) is 9.90 Å². The van der Waals surface area contributed by atoms with E-state index in [2.05, 4.69) is 5.32 Å². The van der Waals surface area contributed by atoms with Crippen molar-refractivity contribution in [3.05, 3.63) is 47.5 Å². The summed E-state index contributed by atoms with van der Waals surface area (Å²) in [5.41, 5.74) is 1.97. The van der Waals surface area contributed by atoms with Gasteiger partial charge in [-0.15, -0.1) is 0 Å².